The van der Waals surface area contributed by atoms with Gasteiger partial charge >= 0.3 is 5.97 Å². The Bertz CT molecular complexity index is 784. The highest BCUT2D eigenvalue weighted by Crippen LogP contribution is 2.34. The summed E-state index contributed by atoms with van der Waals surface area (Å²) < 4.78 is 10.6. The van der Waals surface area contributed by atoms with Crippen molar-refractivity contribution < 1.29 is 14.3 Å². The Morgan fingerprint density at radius 3 is 2.83 bits per heavy atom. The van der Waals surface area contributed by atoms with Crippen molar-refractivity contribution in [2.24, 2.45) is 0 Å². The number of carbonyl (C=O) groups is 1. The molecule has 5 nitrogen and oxygen atoms in total. The molecule has 8 heteroatoms. The van der Waals surface area contributed by atoms with E-state index in [0.29, 0.717) is 21.4 Å². The number of hydrogen-bond acceptors (Lipinski definition) is 6. The van der Waals surface area contributed by atoms with Crippen molar-refractivity contribution in [2.75, 3.05) is 12.3 Å². The second kappa shape index (κ2) is 7.55. The standard InChI is InChI=1S/C15H12Cl2N2O3S/c1-2-21-15(20)13-10(9(6-18)14(19)23-13)7-22-12-5-8(16)3-4-11(12)17/h3-5H,2,7,19H2,1H3. The van der Waals surface area contributed by atoms with Crippen molar-refractivity contribution in [3.8, 4) is 11.8 Å². The number of nitrogens with two attached hydrogens (primary N) is 1. The van der Waals surface area contributed by atoms with Gasteiger partial charge < -0.3 is 15.2 Å². The number of ether oxygens (including phenoxy) is 2. The second-order valence-electron chi connectivity index (χ2n) is 4.34. The van der Waals surface area contributed by atoms with Crippen LogP contribution in [0.4, 0.5) is 5.00 Å². The number of esters is 1. The third-order valence-corrected chi connectivity index (χ3v) is 4.46. The molecule has 0 amide bonds. The van der Waals surface area contributed by atoms with Crippen LogP contribution in [0, 0.1) is 11.3 Å². The molecule has 0 aliphatic carbocycles. The average Bonchev–Trinajstić information content (AvgIpc) is 2.84. The zero-order chi connectivity index (χ0) is 17.0. The molecule has 1 aromatic carbocycles. The predicted molar refractivity (Wildman–Crippen MR) is 90.2 cm³/mol. The molecule has 2 aromatic rings. The minimum absolute atomic E-state index is 0.0508. The molecule has 0 saturated carbocycles. The van der Waals surface area contributed by atoms with E-state index >= 15 is 0 Å². The van der Waals surface area contributed by atoms with Crippen LogP contribution in [-0.4, -0.2) is 12.6 Å². The van der Waals surface area contributed by atoms with E-state index < -0.39 is 5.97 Å². The van der Waals surface area contributed by atoms with Crippen LogP contribution < -0.4 is 10.5 Å². The second-order valence-corrected chi connectivity index (χ2v) is 6.24. The summed E-state index contributed by atoms with van der Waals surface area (Å²) in [6.07, 6.45) is 0. The Morgan fingerprint density at radius 1 is 1.43 bits per heavy atom. The Kier molecular flexibility index (Phi) is 5.72. The van der Waals surface area contributed by atoms with Gasteiger partial charge in [0.05, 0.1) is 17.2 Å². The third-order valence-electron chi connectivity index (χ3n) is 2.87. The predicted octanol–water partition coefficient (Wildman–Crippen LogP) is 4.26. The first-order valence-electron chi connectivity index (χ1n) is 6.54. The maximum atomic E-state index is 12.0. The summed E-state index contributed by atoms with van der Waals surface area (Å²) in [7, 11) is 0. The number of nitriles is 1. The van der Waals surface area contributed by atoms with Crippen LogP contribution in [0.5, 0.6) is 5.75 Å². The largest absolute Gasteiger partial charge is 0.487 e. The number of benzene rings is 1. The SMILES string of the molecule is CCOC(=O)c1sc(N)c(C#N)c1COc1cc(Cl)ccc1Cl. The van der Waals surface area contributed by atoms with Crippen LogP contribution in [0.3, 0.4) is 0 Å². The molecule has 2 rings (SSSR count). The van der Waals surface area contributed by atoms with Gasteiger partial charge in [0.1, 0.15) is 28.3 Å². The van der Waals surface area contributed by atoms with Crippen LogP contribution >= 0.6 is 34.5 Å². The van der Waals surface area contributed by atoms with E-state index in [1.165, 1.54) is 0 Å². The Balaban J connectivity index is 2.33. The summed E-state index contributed by atoms with van der Waals surface area (Å²) in [5, 5.41) is 10.3. The number of thiophene rings is 1. The van der Waals surface area contributed by atoms with E-state index in [0.717, 1.165) is 11.3 Å². The number of hydrogen-bond donors (Lipinski definition) is 1. The van der Waals surface area contributed by atoms with E-state index in [-0.39, 0.29) is 28.7 Å². The van der Waals surface area contributed by atoms with Crippen LogP contribution in [0.25, 0.3) is 0 Å². The highest BCUT2D eigenvalue weighted by molar-refractivity contribution is 7.18. The van der Waals surface area contributed by atoms with Gasteiger partial charge in [-0.05, 0) is 19.1 Å². The Hall–Kier alpha value is -1.94. The summed E-state index contributed by atoms with van der Waals surface area (Å²) in [6, 6.07) is 6.76. The molecule has 2 N–H and O–H groups in total. The van der Waals surface area contributed by atoms with Gasteiger partial charge in [0.15, 0.2) is 0 Å². The lowest BCUT2D eigenvalue weighted by Crippen LogP contribution is -2.08. The maximum absolute atomic E-state index is 12.0. The van der Waals surface area contributed by atoms with Crippen LogP contribution in [0.15, 0.2) is 18.2 Å². The van der Waals surface area contributed by atoms with Gasteiger partial charge in [0.25, 0.3) is 0 Å². The van der Waals surface area contributed by atoms with E-state index in [2.05, 4.69) is 0 Å². The van der Waals surface area contributed by atoms with Crippen LogP contribution in [-0.2, 0) is 11.3 Å². The molecule has 0 unspecified atom stereocenters. The number of halogens is 2. The number of nitrogen functional groups attached to an aromatic ring is 1. The molecule has 0 atom stereocenters. The first-order chi connectivity index (χ1) is 11.0. The smallest absolute Gasteiger partial charge is 0.348 e. The zero-order valence-electron chi connectivity index (χ0n) is 12.1. The number of anilines is 1. The van der Waals surface area contributed by atoms with Gasteiger partial charge in [0.2, 0.25) is 0 Å². The lowest BCUT2D eigenvalue weighted by Gasteiger charge is -2.09. The molecule has 0 fully saturated rings. The summed E-state index contributed by atoms with van der Waals surface area (Å²) in [6.45, 7) is 1.87. The highest BCUT2D eigenvalue weighted by atomic mass is 35.5. The van der Waals surface area contributed by atoms with Gasteiger partial charge in [-0.2, -0.15) is 5.26 Å². The fourth-order valence-electron chi connectivity index (χ4n) is 1.84. The molecule has 1 aromatic heterocycles. The van der Waals surface area contributed by atoms with Crippen molar-refractivity contribution in [3.05, 3.63) is 44.2 Å². The average molecular weight is 371 g/mol. The van der Waals surface area contributed by atoms with E-state index in [1.54, 1.807) is 25.1 Å². The molecule has 120 valence electrons. The first kappa shape index (κ1) is 17.4. The van der Waals surface area contributed by atoms with E-state index in [1.807, 2.05) is 6.07 Å². The number of carbonyl (C=O) groups excluding carboxylic acids is 1. The normalized spacial score (nSPS) is 10.2. The molecular formula is C15H12Cl2N2O3S. The highest BCUT2D eigenvalue weighted by Gasteiger charge is 2.23. The number of rotatable bonds is 5. The summed E-state index contributed by atoms with van der Waals surface area (Å²) in [5.74, 6) is -0.191. The minimum Gasteiger partial charge on any atom is -0.487 e. The number of nitrogens with zero attached hydrogens (tertiary/aromatic N) is 1. The molecule has 0 spiro atoms. The zero-order valence-corrected chi connectivity index (χ0v) is 14.4. The van der Waals surface area contributed by atoms with Crippen molar-refractivity contribution in [1.82, 2.24) is 0 Å². The Morgan fingerprint density at radius 2 is 2.17 bits per heavy atom. The van der Waals surface area contributed by atoms with Crippen molar-refractivity contribution in [1.29, 1.82) is 5.26 Å². The maximum Gasteiger partial charge on any atom is 0.348 e. The fraction of sp³-hybridized carbons (Fsp3) is 0.200. The summed E-state index contributed by atoms with van der Waals surface area (Å²) in [5.41, 5.74) is 6.38. The first-order valence-corrected chi connectivity index (χ1v) is 8.11. The fourth-order valence-corrected chi connectivity index (χ4v) is 3.10. The lowest BCUT2D eigenvalue weighted by atomic mass is 10.1. The van der Waals surface area contributed by atoms with Gasteiger partial charge in [-0.15, -0.1) is 11.3 Å². The molecule has 0 bridgehead atoms. The molecule has 0 saturated heterocycles. The van der Waals surface area contributed by atoms with Crippen molar-refractivity contribution >= 4 is 45.5 Å². The summed E-state index contributed by atoms with van der Waals surface area (Å²) >= 11 is 12.9. The third kappa shape index (κ3) is 3.88. The van der Waals surface area contributed by atoms with Crippen LogP contribution in [0.1, 0.15) is 27.7 Å². The van der Waals surface area contributed by atoms with E-state index in [9.17, 15) is 10.1 Å². The van der Waals surface area contributed by atoms with Crippen molar-refractivity contribution in [2.45, 2.75) is 13.5 Å². The van der Waals surface area contributed by atoms with Gasteiger partial charge in [-0.3, -0.25) is 0 Å². The molecule has 0 aliphatic heterocycles. The molecular weight excluding hydrogens is 359 g/mol. The molecule has 0 radical (unpaired) electrons. The quantitative estimate of drug-likeness (QED) is 0.794. The van der Waals surface area contributed by atoms with E-state index in [4.69, 9.17) is 38.4 Å². The molecule has 1 heterocycles. The van der Waals surface area contributed by atoms with Crippen molar-refractivity contribution in [3.63, 3.8) is 0 Å². The summed E-state index contributed by atoms with van der Waals surface area (Å²) in [4.78, 5) is 12.2. The molecule has 23 heavy (non-hydrogen) atoms. The lowest BCUT2D eigenvalue weighted by molar-refractivity contribution is 0.0529. The molecule has 0 aliphatic rings. The monoisotopic (exact) mass is 370 g/mol. The Labute approximate surface area is 147 Å². The van der Waals surface area contributed by atoms with Gasteiger partial charge in [-0.25, -0.2) is 4.79 Å². The van der Waals surface area contributed by atoms with Gasteiger partial charge in [0, 0.05) is 16.7 Å². The topological polar surface area (TPSA) is 85.3 Å². The minimum atomic E-state index is -0.540. The van der Waals surface area contributed by atoms with Gasteiger partial charge in [-0.1, -0.05) is 23.2 Å². The van der Waals surface area contributed by atoms with Crippen LogP contribution in [0.2, 0.25) is 10.0 Å².